The van der Waals surface area contributed by atoms with Crippen molar-refractivity contribution >= 4 is 10.9 Å². The van der Waals surface area contributed by atoms with Gasteiger partial charge in [0.15, 0.2) is 0 Å². The van der Waals surface area contributed by atoms with Crippen molar-refractivity contribution < 1.29 is 4.74 Å². The molecule has 1 fully saturated rings. The first-order chi connectivity index (χ1) is 7.84. The Hall–Kier alpha value is -1.35. The molecule has 0 aliphatic carbocycles. The average molecular weight is 216 g/mol. The zero-order valence-electron chi connectivity index (χ0n) is 9.52. The van der Waals surface area contributed by atoms with Crippen molar-refractivity contribution in [3.63, 3.8) is 0 Å². The van der Waals surface area contributed by atoms with Crippen LogP contribution in [0.5, 0.6) is 0 Å². The lowest BCUT2D eigenvalue weighted by molar-refractivity contribution is 0.0675. The molecule has 1 aliphatic rings. The van der Waals surface area contributed by atoms with E-state index in [1.807, 2.05) is 6.20 Å². The summed E-state index contributed by atoms with van der Waals surface area (Å²) in [4.78, 5) is 0. The highest BCUT2D eigenvalue weighted by Gasteiger charge is 2.17. The molecule has 3 heteroatoms. The Morgan fingerprint density at radius 2 is 2.12 bits per heavy atom. The molecule has 0 radical (unpaired) electrons. The summed E-state index contributed by atoms with van der Waals surface area (Å²) >= 11 is 0. The Morgan fingerprint density at radius 3 is 2.94 bits per heavy atom. The molecule has 0 saturated carbocycles. The van der Waals surface area contributed by atoms with E-state index in [0.717, 1.165) is 26.1 Å². The standard InChI is InChI=1S/C13H16N2O/c1-10-2-3-13-11(8-10)9-14-15(13)12-4-6-16-7-5-12/h2-3,8-9,12H,4-7H2,1H3. The Bertz CT molecular complexity index is 498. The van der Waals surface area contributed by atoms with Gasteiger partial charge in [-0.25, -0.2) is 0 Å². The summed E-state index contributed by atoms with van der Waals surface area (Å²) in [5, 5.41) is 5.76. The molecule has 1 aliphatic heterocycles. The number of ether oxygens (including phenoxy) is 1. The summed E-state index contributed by atoms with van der Waals surface area (Å²) in [5.74, 6) is 0. The Balaban J connectivity index is 2.03. The lowest BCUT2D eigenvalue weighted by atomic mass is 10.1. The van der Waals surface area contributed by atoms with E-state index in [9.17, 15) is 0 Å². The lowest BCUT2D eigenvalue weighted by Crippen LogP contribution is -2.20. The van der Waals surface area contributed by atoms with Crippen LogP contribution in [0.1, 0.15) is 24.4 Å². The molecule has 3 nitrogen and oxygen atoms in total. The molecule has 0 atom stereocenters. The summed E-state index contributed by atoms with van der Waals surface area (Å²) < 4.78 is 7.55. The van der Waals surface area contributed by atoms with Crippen molar-refractivity contribution in [1.29, 1.82) is 0 Å². The second-order valence-electron chi connectivity index (χ2n) is 4.49. The average Bonchev–Trinajstić information content (AvgIpc) is 2.73. The van der Waals surface area contributed by atoms with Crippen LogP contribution in [0.25, 0.3) is 10.9 Å². The van der Waals surface area contributed by atoms with Gasteiger partial charge in [-0.3, -0.25) is 4.68 Å². The maximum Gasteiger partial charge on any atom is 0.0685 e. The van der Waals surface area contributed by atoms with Crippen LogP contribution in [0.4, 0.5) is 0 Å². The van der Waals surface area contributed by atoms with E-state index in [1.165, 1.54) is 16.5 Å². The minimum Gasteiger partial charge on any atom is -0.381 e. The predicted molar refractivity (Wildman–Crippen MR) is 63.6 cm³/mol. The minimum absolute atomic E-state index is 0.508. The molecule has 0 unspecified atom stereocenters. The maximum atomic E-state index is 5.39. The van der Waals surface area contributed by atoms with Gasteiger partial charge in [-0.2, -0.15) is 5.10 Å². The molecule has 2 aromatic rings. The fraction of sp³-hybridized carbons (Fsp3) is 0.462. The van der Waals surface area contributed by atoms with Crippen LogP contribution < -0.4 is 0 Å². The summed E-state index contributed by atoms with van der Waals surface area (Å²) in [6.45, 7) is 3.83. The van der Waals surface area contributed by atoms with E-state index < -0.39 is 0 Å². The molecule has 3 rings (SSSR count). The molecule has 1 saturated heterocycles. The fourth-order valence-corrected chi connectivity index (χ4v) is 2.39. The number of rotatable bonds is 1. The lowest BCUT2D eigenvalue weighted by Gasteiger charge is -2.23. The number of benzene rings is 1. The van der Waals surface area contributed by atoms with Gasteiger partial charge in [-0.1, -0.05) is 11.6 Å². The van der Waals surface area contributed by atoms with Gasteiger partial charge in [0.25, 0.3) is 0 Å². The summed E-state index contributed by atoms with van der Waals surface area (Å²) in [7, 11) is 0. The predicted octanol–water partition coefficient (Wildman–Crippen LogP) is 2.70. The number of hydrogen-bond donors (Lipinski definition) is 0. The minimum atomic E-state index is 0.508. The maximum absolute atomic E-state index is 5.39. The molecule has 0 amide bonds. The third kappa shape index (κ3) is 1.61. The smallest absolute Gasteiger partial charge is 0.0685 e. The Kier molecular flexibility index (Phi) is 2.40. The molecule has 2 heterocycles. The van der Waals surface area contributed by atoms with Crippen molar-refractivity contribution in [2.24, 2.45) is 0 Å². The summed E-state index contributed by atoms with van der Waals surface area (Å²) in [5.41, 5.74) is 2.54. The van der Waals surface area contributed by atoms with Crippen LogP contribution >= 0.6 is 0 Å². The van der Waals surface area contributed by atoms with Crippen molar-refractivity contribution in [2.75, 3.05) is 13.2 Å². The first kappa shape index (κ1) is 9.85. The van der Waals surface area contributed by atoms with Crippen molar-refractivity contribution in [3.05, 3.63) is 30.0 Å². The van der Waals surface area contributed by atoms with Gasteiger partial charge in [0, 0.05) is 18.6 Å². The van der Waals surface area contributed by atoms with Gasteiger partial charge in [-0.15, -0.1) is 0 Å². The van der Waals surface area contributed by atoms with E-state index in [0.29, 0.717) is 6.04 Å². The zero-order valence-corrected chi connectivity index (χ0v) is 9.52. The first-order valence-corrected chi connectivity index (χ1v) is 5.86. The van der Waals surface area contributed by atoms with E-state index in [1.54, 1.807) is 0 Å². The van der Waals surface area contributed by atoms with Crippen LogP contribution in [-0.4, -0.2) is 23.0 Å². The monoisotopic (exact) mass is 216 g/mol. The Morgan fingerprint density at radius 1 is 1.31 bits per heavy atom. The van der Waals surface area contributed by atoms with E-state index in [-0.39, 0.29) is 0 Å². The second-order valence-corrected chi connectivity index (χ2v) is 4.49. The highest BCUT2D eigenvalue weighted by atomic mass is 16.5. The summed E-state index contributed by atoms with van der Waals surface area (Å²) in [6, 6.07) is 7.03. The number of nitrogens with zero attached hydrogens (tertiary/aromatic N) is 2. The molecule has 0 spiro atoms. The van der Waals surface area contributed by atoms with Gasteiger partial charge < -0.3 is 4.74 Å². The zero-order chi connectivity index (χ0) is 11.0. The SMILES string of the molecule is Cc1ccc2c(cnn2C2CCOCC2)c1. The van der Waals surface area contributed by atoms with Crippen molar-refractivity contribution in [3.8, 4) is 0 Å². The molecule has 0 bridgehead atoms. The van der Waals surface area contributed by atoms with Gasteiger partial charge in [0.1, 0.15) is 0 Å². The van der Waals surface area contributed by atoms with Crippen LogP contribution in [0.3, 0.4) is 0 Å². The number of aryl methyl sites for hydroxylation is 1. The molecule has 0 N–H and O–H groups in total. The van der Waals surface area contributed by atoms with E-state index >= 15 is 0 Å². The molecule has 1 aromatic carbocycles. The normalized spacial score (nSPS) is 18.1. The molecule has 16 heavy (non-hydrogen) atoms. The first-order valence-electron chi connectivity index (χ1n) is 5.86. The van der Waals surface area contributed by atoms with Crippen LogP contribution in [-0.2, 0) is 4.74 Å². The third-order valence-electron chi connectivity index (χ3n) is 3.29. The number of hydrogen-bond acceptors (Lipinski definition) is 2. The van der Waals surface area contributed by atoms with Crippen LogP contribution in [0.15, 0.2) is 24.4 Å². The molecule has 84 valence electrons. The van der Waals surface area contributed by atoms with E-state index in [4.69, 9.17) is 4.74 Å². The van der Waals surface area contributed by atoms with Gasteiger partial charge >= 0.3 is 0 Å². The van der Waals surface area contributed by atoms with Crippen molar-refractivity contribution in [1.82, 2.24) is 9.78 Å². The topological polar surface area (TPSA) is 27.1 Å². The quantitative estimate of drug-likeness (QED) is 0.732. The van der Waals surface area contributed by atoms with E-state index in [2.05, 4.69) is 34.9 Å². The number of fused-ring (bicyclic) bond motifs is 1. The number of aromatic nitrogens is 2. The molecule has 1 aromatic heterocycles. The fourth-order valence-electron chi connectivity index (χ4n) is 2.39. The highest BCUT2D eigenvalue weighted by Crippen LogP contribution is 2.25. The van der Waals surface area contributed by atoms with Gasteiger partial charge in [0.2, 0.25) is 0 Å². The Labute approximate surface area is 95.0 Å². The van der Waals surface area contributed by atoms with Gasteiger partial charge in [0.05, 0.1) is 17.8 Å². The van der Waals surface area contributed by atoms with Crippen LogP contribution in [0, 0.1) is 6.92 Å². The van der Waals surface area contributed by atoms with Crippen LogP contribution in [0.2, 0.25) is 0 Å². The van der Waals surface area contributed by atoms with Crippen molar-refractivity contribution in [2.45, 2.75) is 25.8 Å². The highest BCUT2D eigenvalue weighted by molar-refractivity contribution is 5.79. The second kappa shape index (κ2) is 3.91. The molecular weight excluding hydrogens is 200 g/mol. The summed E-state index contributed by atoms with van der Waals surface area (Å²) in [6.07, 6.45) is 4.12. The third-order valence-corrected chi connectivity index (χ3v) is 3.29. The molecular formula is C13H16N2O. The largest absolute Gasteiger partial charge is 0.381 e. The van der Waals surface area contributed by atoms with Gasteiger partial charge in [-0.05, 0) is 31.9 Å².